The smallest absolute Gasteiger partial charge is 0.271 e. The van der Waals surface area contributed by atoms with Gasteiger partial charge in [-0.1, -0.05) is 0 Å². The molecule has 2 aromatic heterocycles. The number of hydrogen-bond donors (Lipinski definition) is 0. The van der Waals surface area contributed by atoms with Gasteiger partial charge in [0.25, 0.3) is 10.0 Å². The topological polar surface area (TPSA) is 69.8 Å². The molecule has 0 aliphatic heterocycles. The van der Waals surface area contributed by atoms with Gasteiger partial charge in [-0.2, -0.15) is 22.7 Å². The summed E-state index contributed by atoms with van der Waals surface area (Å²) in [5.74, 6) is 0. The Kier molecular flexibility index (Phi) is 2.57. The van der Waals surface area contributed by atoms with E-state index in [1.807, 2.05) is 0 Å². The molecule has 0 amide bonds. The maximum absolute atomic E-state index is 12.3. The van der Waals surface area contributed by atoms with Crippen LogP contribution in [0.2, 0.25) is 0 Å². The molecular weight excluding hydrogens is 240 g/mol. The van der Waals surface area contributed by atoms with Gasteiger partial charge < -0.3 is 0 Å². The second-order valence-corrected chi connectivity index (χ2v) is 5.75. The van der Waals surface area contributed by atoms with Crippen LogP contribution in [0.25, 0.3) is 0 Å². The zero-order chi connectivity index (χ0) is 12.8. The Morgan fingerprint density at radius 2 is 1.88 bits per heavy atom. The molecule has 0 saturated heterocycles. The lowest BCUT2D eigenvalue weighted by atomic mass is 10.4. The fourth-order valence-corrected chi connectivity index (χ4v) is 3.32. The van der Waals surface area contributed by atoms with Gasteiger partial charge in [-0.3, -0.25) is 4.68 Å². The highest BCUT2D eigenvalue weighted by atomic mass is 32.2. The Hall–Kier alpha value is -1.63. The molecule has 17 heavy (non-hydrogen) atoms. The van der Waals surface area contributed by atoms with Gasteiger partial charge >= 0.3 is 0 Å². The summed E-state index contributed by atoms with van der Waals surface area (Å²) in [6, 6.07) is 0. The Labute approximate surface area is 99.9 Å². The molecule has 0 bridgehead atoms. The van der Waals surface area contributed by atoms with Crippen molar-refractivity contribution in [3.05, 3.63) is 29.3 Å². The number of aromatic nitrogens is 4. The molecule has 2 heterocycles. The van der Waals surface area contributed by atoms with Crippen LogP contribution in [-0.4, -0.2) is 27.4 Å². The molecule has 0 saturated carbocycles. The summed E-state index contributed by atoms with van der Waals surface area (Å²) in [6.45, 7) is 5.20. The highest BCUT2D eigenvalue weighted by Crippen LogP contribution is 2.21. The molecule has 2 rings (SSSR count). The van der Waals surface area contributed by atoms with Crippen LogP contribution in [-0.2, 0) is 17.1 Å². The van der Waals surface area contributed by atoms with Gasteiger partial charge in [0.1, 0.15) is 4.90 Å². The van der Waals surface area contributed by atoms with Gasteiger partial charge in [-0.15, -0.1) is 0 Å². The van der Waals surface area contributed by atoms with Crippen LogP contribution < -0.4 is 0 Å². The molecule has 0 fully saturated rings. The van der Waals surface area contributed by atoms with E-state index in [1.54, 1.807) is 32.5 Å². The van der Waals surface area contributed by atoms with E-state index in [9.17, 15) is 8.42 Å². The summed E-state index contributed by atoms with van der Waals surface area (Å²) in [5, 5.41) is 7.95. The molecule has 0 spiro atoms. The lowest BCUT2D eigenvalue weighted by molar-refractivity contribution is 0.578. The van der Waals surface area contributed by atoms with E-state index in [4.69, 9.17) is 0 Å². The molecule has 92 valence electrons. The molecule has 2 aromatic rings. The van der Waals surface area contributed by atoms with E-state index in [0.29, 0.717) is 11.4 Å². The zero-order valence-corrected chi connectivity index (χ0v) is 11.0. The molecule has 0 unspecified atom stereocenters. The maximum atomic E-state index is 12.3. The predicted octanol–water partition coefficient (Wildman–Crippen LogP) is 0.779. The summed E-state index contributed by atoms with van der Waals surface area (Å²) < 4.78 is 27.2. The van der Waals surface area contributed by atoms with Crippen molar-refractivity contribution in [2.75, 3.05) is 0 Å². The minimum Gasteiger partial charge on any atom is -0.271 e. The lowest BCUT2D eigenvalue weighted by Crippen LogP contribution is -2.15. The summed E-state index contributed by atoms with van der Waals surface area (Å²) in [6.07, 6.45) is 3.00. The van der Waals surface area contributed by atoms with Crippen molar-refractivity contribution >= 4 is 10.0 Å². The van der Waals surface area contributed by atoms with Gasteiger partial charge in [0.05, 0.1) is 17.6 Å². The first-order valence-electron chi connectivity index (χ1n) is 5.11. The number of aryl methyl sites for hydroxylation is 3. The molecule has 7 heteroatoms. The van der Waals surface area contributed by atoms with E-state index in [1.165, 1.54) is 12.4 Å². The maximum Gasteiger partial charge on any atom is 0.286 e. The van der Waals surface area contributed by atoms with Crippen LogP contribution in [0.3, 0.4) is 0 Å². The average Bonchev–Trinajstić information content (AvgIpc) is 2.73. The SMILES string of the molecule is Cc1cnn(S(=O)(=O)c2c(C)nn(C)c2C)c1. The zero-order valence-electron chi connectivity index (χ0n) is 10.2. The molecule has 0 N–H and O–H groups in total. The fraction of sp³-hybridized carbons (Fsp3) is 0.400. The average molecular weight is 254 g/mol. The summed E-state index contributed by atoms with van der Waals surface area (Å²) in [7, 11) is -1.92. The first-order chi connectivity index (χ1) is 7.84. The Balaban J connectivity index is 2.68. The summed E-state index contributed by atoms with van der Waals surface area (Å²) in [4.78, 5) is 0.225. The first-order valence-corrected chi connectivity index (χ1v) is 6.55. The van der Waals surface area contributed by atoms with E-state index in [2.05, 4.69) is 10.2 Å². The van der Waals surface area contributed by atoms with E-state index in [-0.39, 0.29) is 4.90 Å². The van der Waals surface area contributed by atoms with Gasteiger partial charge in [0, 0.05) is 13.2 Å². The third-order valence-electron chi connectivity index (χ3n) is 2.64. The molecular formula is C10H14N4O2S. The van der Waals surface area contributed by atoms with Crippen molar-refractivity contribution in [3.63, 3.8) is 0 Å². The quantitative estimate of drug-likeness (QED) is 0.794. The minimum absolute atomic E-state index is 0.225. The summed E-state index contributed by atoms with van der Waals surface area (Å²) >= 11 is 0. The van der Waals surface area contributed by atoms with Gasteiger partial charge in [-0.05, 0) is 26.3 Å². The van der Waals surface area contributed by atoms with Crippen molar-refractivity contribution in [3.8, 4) is 0 Å². The molecule has 6 nitrogen and oxygen atoms in total. The lowest BCUT2D eigenvalue weighted by Gasteiger charge is -2.04. The third-order valence-corrected chi connectivity index (χ3v) is 4.44. The predicted molar refractivity (Wildman–Crippen MR) is 62.2 cm³/mol. The van der Waals surface area contributed by atoms with E-state index >= 15 is 0 Å². The van der Waals surface area contributed by atoms with Crippen molar-refractivity contribution in [2.24, 2.45) is 7.05 Å². The molecule has 0 radical (unpaired) electrons. The number of rotatable bonds is 2. The normalized spacial score (nSPS) is 12.0. The van der Waals surface area contributed by atoms with Crippen LogP contribution >= 0.6 is 0 Å². The number of nitrogens with zero attached hydrogens (tertiary/aromatic N) is 4. The Morgan fingerprint density at radius 3 is 2.29 bits per heavy atom. The fourth-order valence-electron chi connectivity index (χ4n) is 1.74. The monoisotopic (exact) mass is 254 g/mol. The Morgan fingerprint density at radius 1 is 1.24 bits per heavy atom. The molecule has 0 aliphatic rings. The molecule has 0 aliphatic carbocycles. The van der Waals surface area contributed by atoms with Gasteiger partial charge in [0.2, 0.25) is 0 Å². The van der Waals surface area contributed by atoms with Crippen LogP contribution in [0.4, 0.5) is 0 Å². The van der Waals surface area contributed by atoms with Crippen LogP contribution in [0.15, 0.2) is 17.3 Å². The van der Waals surface area contributed by atoms with Gasteiger partial charge in [-0.25, -0.2) is 0 Å². The second kappa shape index (κ2) is 3.69. The summed E-state index contributed by atoms with van der Waals surface area (Å²) in [5.41, 5.74) is 1.89. The van der Waals surface area contributed by atoms with E-state index in [0.717, 1.165) is 9.65 Å². The van der Waals surface area contributed by atoms with Crippen molar-refractivity contribution in [2.45, 2.75) is 25.7 Å². The highest BCUT2D eigenvalue weighted by molar-refractivity contribution is 7.90. The van der Waals surface area contributed by atoms with Crippen LogP contribution in [0.5, 0.6) is 0 Å². The third kappa shape index (κ3) is 1.76. The largest absolute Gasteiger partial charge is 0.286 e. The van der Waals surface area contributed by atoms with Crippen molar-refractivity contribution in [1.29, 1.82) is 0 Å². The van der Waals surface area contributed by atoms with E-state index < -0.39 is 10.0 Å². The molecule has 0 aromatic carbocycles. The van der Waals surface area contributed by atoms with Gasteiger partial charge in [0.15, 0.2) is 0 Å². The standard InChI is InChI=1S/C10H14N4O2S/c1-7-5-11-14(6-7)17(15,16)10-8(2)12-13(4)9(10)3/h5-6H,1-4H3. The van der Waals surface area contributed by atoms with Crippen molar-refractivity contribution in [1.82, 2.24) is 19.0 Å². The Bertz CT molecular complexity index is 667. The number of hydrogen-bond acceptors (Lipinski definition) is 4. The van der Waals surface area contributed by atoms with Crippen LogP contribution in [0.1, 0.15) is 17.0 Å². The highest BCUT2D eigenvalue weighted by Gasteiger charge is 2.26. The van der Waals surface area contributed by atoms with Crippen molar-refractivity contribution < 1.29 is 8.42 Å². The first kappa shape index (κ1) is 11.8. The second-order valence-electron chi connectivity index (χ2n) is 4.02. The van der Waals surface area contributed by atoms with Crippen LogP contribution in [0, 0.1) is 20.8 Å². The minimum atomic E-state index is -3.64. The molecule has 0 atom stereocenters.